The molecule has 0 saturated carbocycles. The Balaban J connectivity index is 1.43. The average Bonchev–Trinajstić information content (AvgIpc) is 2.70. The number of nitrogens with zero attached hydrogens (tertiary/aromatic N) is 1. The molecule has 0 aromatic heterocycles. The van der Waals surface area contributed by atoms with Crippen LogP contribution >= 0.6 is 23.4 Å². The Bertz CT molecular complexity index is 755. The third kappa shape index (κ3) is 6.18. The number of piperidine rings is 1. The van der Waals surface area contributed by atoms with Crippen LogP contribution in [0.3, 0.4) is 0 Å². The van der Waals surface area contributed by atoms with Crippen molar-refractivity contribution >= 4 is 35.0 Å². The van der Waals surface area contributed by atoms with Crippen molar-refractivity contribution in [3.63, 3.8) is 0 Å². The maximum atomic E-state index is 12.3. The minimum Gasteiger partial charge on any atom is -0.372 e. The number of benzene rings is 2. The molecule has 0 spiro atoms. The van der Waals surface area contributed by atoms with Gasteiger partial charge in [0.15, 0.2) is 0 Å². The summed E-state index contributed by atoms with van der Waals surface area (Å²) in [5.74, 6) is 1.68. The lowest BCUT2D eigenvalue weighted by atomic mass is 9.98. The largest absolute Gasteiger partial charge is 0.372 e. The van der Waals surface area contributed by atoms with Crippen LogP contribution in [0.5, 0.6) is 0 Å². The van der Waals surface area contributed by atoms with E-state index in [1.165, 1.54) is 18.5 Å². The summed E-state index contributed by atoms with van der Waals surface area (Å²) < 4.78 is 0. The number of rotatable bonds is 7. The summed E-state index contributed by atoms with van der Waals surface area (Å²) in [7, 11) is 0. The summed E-state index contributed by atoms with van der Waals surface area (Å²) in [6.07, 6.45) is 3.03. The molecule has 1 fully saturated rings. The smallest absolute Gasteiger partial charge is 0.221 e. The Kier molecular flexibility index (Phi) is 7.69. The van der Waals surface area contributed by atoms with Gasteiger partial charge in [0.1, 0.15) is 0 Å². The number of halogens is 1. The fourth-order valence-electron chi connectivity index (χ4n) is 3.43. The van der Waals surface area contributed by atoms with Crippen molar-refractivity contribution in [1.82, 2.24) is 5.32 Å². The first-order valence-electron chi connectivity index (χ1n) is 10.0. The molecule has 3 nitrogen and oxygen atoms in total. The van der Waals surface area contributed by atoms with Gasteiger partial charge in [-0.15, -0.1) is 11.8 Å². The number of anilines is 1. The van der Waals surface area contributed by atoms with Gasteiger partial charge >= 0.3 is 0 Å². The first kappa shape index (κ1) is 21.1. The normalized spacial score (nSPS) is 16.0. The highest BCUT2D eigenvalue weighted by Crippen LogP contribution is 2.25. The number of hydrogen-bond acceptors (Lipinski definition) is 3. The number of amides is 1. The lowest BCUT2D eigenvalue weighted by Crippen LogP contribution is -2.32. The Hall–Kier alpha value is -1.65. The molecule has 5 heteroatoms. The Morgan fingerprint density at radius 2 is 1.79 bits per heavy atom. The van der Waals surface area contributed by atoms with E-state index < -0.39 is 0 Å². The van der Waals surface area contributed by atoms with E-state index in [2.05, 4.69) is 41.4 Å². The molecule has 1 aliphatic rings. The summed E-state index contributed by atoms with van der Waals surface area (Å²) >= 11 is 7.57. The predicted molar refractivity (Wildman–Crippen MR) is 120 cm³/mol. The minimum atomic E-state index is 0.0171. The van der Waals surface area contributed by atoms with Gasteiger partial charge in [-0.2, -0.15) is 0 Å². The van der Waals surface area contributed by atoms with Gasteiger partial charge in [0.05, 0.1) is 6.04 Å². The highest BCUT2D eigenvalue weighted by atomic mass is 35.5. The van der Waals surface area contributed by atoms with Gasteiger partial charge in [-0.25, -0.2) is 0 Å². The van der Waals surface area contributed by atoms with Crippen molar-refractivity contribution in [2.24, 2.45) is 5.92 Å². The van der Waals surface area contributed by atoms with Crippen molar-refractivity contribution in [3.8, 4) is 0 Å². The molecule has 1 N–H and O–H groups in total. The second-order valence-corrected chi connectivity index (χ2v) is 9.21. The summed E-state index contributed by atoms with van der Waals surface area (Å²) in [6.45, 7) is 6.65. The van der Waals surface area contributed by atoms with E-state index in [1.807, 2.05) is 31.2 Å². The number of carbonyl (C=O) groups excluding carboxylic acids is 1. The third-order valence-electron chi connectivity index (χ3n) is 5.33. The molecule has 28 heavy (non-hydrogen) atoms. The van der Waals surface area contributed by atoms with Gasteiger partial charge < -0.3 is 10.2 Å². The Labute approximate surface area is 177 Å². The van der Waals surface area contributed by atoms with Crippen LogP contribution < -0.4 is 10.2 Å². The zero-order valence-corrected chi connectivity index (χ0v) is 18.2. The van der Waals surface area contributed by atoms with Crippen molar-refractivity contribution in [2.45, 2.75) is 44.0 Å². The molecular formula is C23H29ClN2OS. The van der Waals surface area contributed by atoms with E-state index in [4.69, 9.17) is 11.6 Å². The van der Waals surface area contributed by atoms with Crippen molar-refractivity contribution < 1.29 is 4.79 Å². The van der Waals surface area contributed by atoms with Gasteiger partial charge in [0.25, 0.3) is 0 Å². The van der Waals surface area contributed by atoms with Crippen LogP contribution in [-0.4, -0.2) is 24.7 Å². The lowest BCUT2D eigenvalue weighted by Gasteiger charge is -2.32. The lowest BCUT2D eigenvalue weighted by molar-refractivity contribution is -0.121. The SMILES string of the molecule is CC1CCN(c2ccc([C@@H](C)NC(=O)CCSc3ccc(Cl)cc3)cc2)CC1. The average molecular weight is 417 g/mol. The van der Waals surface area contributed by atoms with Gasteiger partial charge in [0, 0.05) is 40.9 Å². The molecule has 0 unspecified atom stereocenters. The standard InChI is InChI=1S/C23H29ClN2OS/c1-17-11-14-26(15-12-17)21-7-3-19(4-8-21)18(2)25-23(27)13-16-28-22-9-5-20(24)6-10-22/h3-10,17-18H,11-16H2,1-2H3,(H,25,27)/t18-/m1/s1. The Morgan fingerprint density at radius 1 is 1.14 bits per heavy atom. The zero-order chi connectivity index (χ0) is 19.9. The highest BCUT2D eigenvalue weighted by Gasteiger charge is 2.16. The maximum absolute atomic E-state index is 12.3. The molecule has 3 rings (SSSR count). The second-order valence-electron chi connectivity index (χ2n) is 7.60. The number of carbonyl (C=O) groups is 1. The molecule has 0 aliphatic carbocycles. The van der Waals surface area contributed by atoms with E-state index in [9.17, 15) is 4.79 Å². The van der Waals surface area contributed by atoms with Crippen LogP contribution in [0.25, 0.3) is 0 Å². The first-order chi connectivity index (χ1) is 13.5. The third-order valence-corrected chi connectivity index (χ3v) is 6.60. The zero-order valence-electron chi connectivity index (χ0n) is 16.7. The second kappa shape index (κ2) is 10.2. The molecule has 0 bridgehead atoms. The van der Waals surface area contributed by atoms with Crippen LogP contribution in [0.15, 0.2) is 53.4 Å². The van der Waals surface area contributed by atoms with Crippen LogP contribution in [-0.2, 0) is 4.79 Å². The van der Waals surface area contributed by atoms with Gasteiger partial charge in [-0.3, -0.25) is 4.79 Å². The topological polar surface area (TPSA) is 32.3 Å². The monoisotopic (exact) mass is 416 g/mol. The summed E-state index contributed by atoms with van der Waals surface area (Å²) in [6, 6.07) is 16.4. The maximum Gasteiger partial charge on any atom is 0.221 e. The van der Waals surface area contributed by atoms with Gasteiger partial charge in [0.2, 0.25) is 5.91 Å². The summed E-state index contributed by atoms with van der Waals surface area (Å²) in [4.78, 5) is 15.9. The van der Waals surface area contributed by atoms with Crippen molar-refractivity contribution in [3.05, 3.63) is 59.1 Å². The van der Waals surface area contributed by atoms with E-state index >= 15 is 0 Å². The molecule has 1 aliphatic heterocycles. The molecule has 2 aromatic rings. The van der Waals surface area contributed by atoms with Crippen LogP contribution in [0.1, 0.15) is 44.7 Å². The first-order valence-corrected chi connectivity index (χ1v) is 11.4. The molecule has 1 amide bonds. The van der Waals surface area contributed by atoms with Crippen LogP contribution in [0, 0.1) is 5.92 Å². The highest BCUT2D eigenvalue weighted by molar-refractivity contribution is 7.99. The van der Waals surface area contributed by atoms with Gasteiger partial charge in [-0.05, 0) is 67.6 Å². The van der Waals surface area contributed by atoms with E-state index in [1.54, 1.807) is 11.8 Å². The van der Waals surface area contributed by atoms with E-state index in [-0.39, 0.29) is 11.9 Å². The predicted octanol–water partition coefficient (Wildman–Crippen LogP) is 5.94. The number of hydrogen-bond donors (Lipinski definition) is 1. The number of nitrogens with one attached hydrogen (secondary N) is 1. The fourth-order valence-corrected chi connectivity index (χ4v) is 4.41. The Morgan fingerprint density at radius 3 is 2.43 bits per heavy atom. The molecular weight excluding hydrogens is 388 g/mol. The van der Waals surface area contributed by atoms with E-state index in [0.717, 1.165) is 40.2 Å². The molecule has 1 saturated heterocycles. The van der Waals surface area contributed by atoms with Crippen molar-refractivity contribution in [1.29, 1.82) is 0 Å². The van der Waals surface area contributed by atoms with E-state index in [0.29, 0.717) is 6.42 Å². The van der Waals surface area contributed by atoms with Crippen LogP contribution in [0.2, 0.25) is 5.02 Å². The minimum absolute atomic E-state index is 0.0171. The molecule has 1 heterocycles. The molecule has 2 aromatic carbocycles. The van der Waals surface area contributed by atoms with Gasteiger partial charge in [-0.1, -0.05) is 30.7 Å². The quantitative estimate of drug-likeness (QED) is 0.567. The summed E-state index contributed by atoms with van der Waals surface area (Å²) in [5.41, 5.74) is 2.43. The van der Waals surface area contributed by atoms with Crippen LogP contribution in [0.4, 0.5) is 5.69 Å². The fraction of sp³-hybridized carbons (Fsp3) is 0.435. The molecule has 150 valence electrons. The van der Waals surface area contributed by atoms with Crippen molar-refractivity contribution in [2.75, 3.05) is 23.7 Å². The number of thioether (sulfide) groups is 1. The summed E-state index contributed by atoms with van der Waals surface area (Å²) in [5, 5.41) is 3.84. The molecule has 0 radical (unpaired) electrons. The molecule has 1 atom stereocenters.